The van der Waals surface area contributed by atoms with E-state index in [-0.39, 0.29) is 22.8 Å². The fourth-order valence-electron chi connectivity index (χ4n) is 3.90. The van der Waals surface area contributed by atoms with Crippen molar-refractivity contribution in [2.75, 3.05) is 19.6 Å². The van der Waals surface area contributed by atoms with Crippen LogP contribution in [-0.4, -0.2) is 29.5 Å². The number of hydrogen-bond donors (Lipinski definition) is 0. The van der Waals surface area contributed by atoms with Gasteiger partial charge >= 0.3 is 0 Å². The Morgan fingerprint density at radius 2 is 2.00 bits per heavy atom. The molecule has 0 radical (unpaired) electrons. The molecular weight excluding hydrogens is 343 g/mol. The summed E-state index contributed by atoms with van der Waals surface area (Å²) in [6, 6.07) is 10.9. The van der Waals surface area contributed by atoms with Gasteiger partial charge < -0.3 is 4.90 Å². The van der Waals surface area contributed by atoms with Gasteiger partial charge in [0.05, 0.1) is 5.69 Å². The first kappa shape index (κ1) is 15.6. The summed E-state index contributed by atoms with van der Waals surface area (Å²) in [5, 5.41) is 0. The molecule has 2 bridgehead atoms. The Balaban J connectivity index is 0.00000144. The predicted molar refractivity (Wildman–Crippen MR) is 91.9 cm³/mol. The number of nitrogens with zero attached hydrogens (tertiary/aromatic N) is 2. The van der Waals surface area contributed by atoms with Crippen molar-refractivity contribution >= 4 is 17.0 Å². The van der Waals surface area contributed by atoms with Gasteiger partial charge in [0, 0.05) is 23.7 Å². The third kappa shape index (κ3) is 2.70. The summed E-state index contributed by atoms with van der Waals surface area (Å²) in [4.78, 5) is 7.15. The third-order valence-corrected chi connectivity index (χ3v) is 5.06. The highest BCUT2D eigenvalue weighted by atomic mass is 79.9. The maximum Gasteiger partial charge on any atom is 0.123 e. The Bertz CT molecular complexity index is 654. The average molecular weight is 363 g/mol. The van der Waals surface area contributed by atoms with E-state index in [0.29, 0.717) is 5.41 Å². The van der Waals surface area contributed by atoms with Gasteiger partial charge in [-0.15, -0.1) is 17.0 Å². The number of piperidine rings is 1. The molecule has 2 saturated heterocycles. The molecule has 22 heavy (non-hydrogen) atoms. The van der Waals surface area contributed by atoms with Crippen molar-refractivity contribution in [1.82, 2.24) is 9.88 Å². The van der Waals surface area contributed by atoms with E-state index in [1.165, 1.54) is 56.6 Å². The van der Waals surface area contributed by atoms with Crippen LogP contribution in [0.5, 0.6) is 0 Å². The molecule has 0 N–H and O–H groups in total. The van der Waals surface area contributed by atoms with Gasteiger partial charge in [0.2, 0.25) is 0 Å². The molecule has 1 aromatic heterocycles. The summed E-state index contributed by atoms with van der Waals surface area (Å²) in [5.41, 5.74) is 3.35. The van der Waals surface area contributed by atoms with Gasteiger partial charge in [-0.3, -0.25) is 4.98 Å². The number of benzene rings is 1. The lowest BCUT2D eigenvalue weighted by Gasteiger charge is -2.34. The van der Waals surface area contributed by atoms with E-state index in [9.17, 15) is 4.39 Å². The minimum Gasteiger partial charge on any atom is -0.302 e. The molecule has 2 aliphatic heterocycles. The van der Waals surface area contributed by atoms with Gasteiger partial charge in [-0.25, -0.2) is 4.39 Å². The van der Waals surface area contributed by atoms with Crippen LogP contribution in [0, 0.1) is 5.82 Å². The predicted octanol–water partition coefficient (Wildman–Crippen LogP) is 4.20. The monoisotopic (exact) mass is 362 g/mol. The fourth-order valence-corrected chi connectivity index (χ4v) is 3.90. The van der Waals surface area contributed by atoms with Gasteiger partial charge in [0.1, 0.15) is 5.82 Å². The van der Waals surface area contributed by atoms with E-state index in [2.05, 4.69) is 16.0 Å². The molecule has 2 aliphatic rings. The molecule has 2 atom stereocenters. The Labute approximate surface area is 141 Å². The van der Waals surface area contributed by atoms with Crippen molar-refractivity contribution in [3.8, 4) is 11.3 Å². The highest BCUT2D eigenvalue weighted by molar-refractivity contribution is 8.93. The van der Waals surface area contributed by atoms with Gasteiger partial charge in [-0.05, 0) is 56.1 Å². The van der Waals surface area contributed by atoms with Crippen molar-refractivity contribution in [3.63, 3.8) is 0 Å². The van der Waals surface area contributed by atoms with E-state index in [1.54, 1.807) is 6.07 Å². The molecule has 4 rings (SSSR count). The molecule has 0 amide bonds. The number of fused-ring (bicyclic) bond motifs is 2. The summed E-state index contributed by atoms with van der Waals surface area (Å²) >= 11 is 0. The van der Waals surface area contributed by atoms with Crippen molar-refractivity contribution in [1.29, 1.82) is 0 Å². The minimum absolute atomic E-state index is 0. The normalized spacial score (nSPS) is 26.5. The molecule has 3 heterocycles. The number of pyridine rings is 1. The van der Waals surface area contributed by atoms with Crippen molar-refractivity contribution in [2.45, 2.75) is 24.7 Å². The van der Waals surface area contributed by atoms with Crippen LogP contribution in [-0.2, 0) is 5.41 Å². The average Bonchev–Trinajstić information content (AvgIpc) is 2.83. The largest absolute Gasteiger partial charge is 0.302 e. The standard InChI is InChI=1S/C18H19FN2.BrH/c19-16-4-1-3-14(11-16)17-6-5-15(12-20-17)18-7-2-9-21(13-18)10-8-18;/h1,3-6,11-12H,2,7-10,13H2;1H. The van der Waals surface area contributed by atoms with E-state index in [1.807, 2.05) is 18.3 Å². The summed E-state index contributed by atoms with van der Waals surface area (Å²) < 4.78 is 13.3. The number of aromatic nitrogens is 1. The number of hydrogen-bond acceptors (Lipinski definition) is 2. The van der Waals surface area contributed by atoms with Crippen LogP contribution in [0.1, 0.15) is 24.8 Å². The van der Waals surface area contributed by atoms with Crippen molar-refractivity contribution in [3.05, 3.63) is 54.0 Å². The second kappa shape index (κ2) is 6.09. The molecule has 1 aromatic carbocycles. The molecular formula is C18H20BrFN2. The maximum atomic E-state index is 13.3. The Morgan fingerprint density at radius 3 is 2.77 bits per heavy atom. The molecule has 2 nitrogen and oxygen atoms in total. The number of halogens is 2. The van der Waals surface area contributed by atoms with Crippen LogP contribution in [0.25, 0.3) is 11.3 Å². The van der Waals surface area contributed by atoms with Crippen LogP contribution < -0.4 is 0 Å². The van der Waals surface area contributed by atoms with E-state index < -0.39 is 0 Å². The first-order valence-electron chi connectivity index (χ1n) is 7.70. The van der Waals surface area contributed by atoms with Gasteiger partial charge in [-0.1, -0.05) is 18.2 Å². The highest BCUT2D eigenvalue weighted by Crippen LogP contribution is 2.42. The van der Waals surface area contributed by atoms with Crippen molar-refractivity contribution in [2.24, 2.45) is 0 Å². The Morgan fingerprint density at radius 1 is 1.09 bits per heavy atom. The zero-order chi connectivity index (χ0) is 14.3. The minimum atomic E-state index is -0.212. The molecule has 0 aliphatic carbocycles. The van der Waals surface area contributed by atoms with Crippen LogP contribution in [0.15, 0.2) is 42.6 Å². The lowest BCUT2D eigenvalue weighted by molar-refractivity contribution is 0.243. The van der Waals surface area contributed by atoms with Gasteiger partial charge in [0.25, 0.3) is 0 Å². The molecule has 2 fully saturated rings. The Kier molecular flexibility index (Phi) is 4.33. The highest BCUT2D eigenvalue weighted by Gasteiger charge is 2.42. The zero-order valence-corrected chi connectivity index (χ0v) is 14.2. The summed E-state index contributed by atoms with van der Waals surface area (Å²) in [6.07, 6.45) is 5.80. The van der Waals surface area contributed by atoms with Crippen LogP contribution >= 0.6 is 17.0 Å². The third-order valence-electron chi connectivity index (χ3n) is 5.06. The lowest BCUT2D eigenvalue weighted by atomic mass is 9.75. The van der Waals surface area contributed by atoms with Crippen LogP contribution in [0.2, 0.25) is 0 Å². The molecule has 2 aromatic rings. The molecule has 0 spiro atoms. The van der Waals surface area contributed by atoms with Crippen LogP contribution in [0.4, 0.5) is 4.39 Å². The quantitative estimate of drug-likeness (QED) is 0.795. The zero-order valence-electron chi connectivity index (χ0n) is 12.5. The van der Waals surface area contributed by atoms with Gasteiger partial charge in [-0.2, -0.15) is 0 Å². The Hall–Kier alpha value is -1.26. The summed E-state index contributed by atoms with van der Waals surface area (Å²) in [6.45, 7) is 3.64. The molecule has 2 unspecified atom stereocenters. The lowest BCUT2D eigenvalue weighted by Crippen LogP contribution is -2.36. The molecule has 0 saturated carbocycles. The van der Waals surface area contributed by atoms with Gasteiger partial charge in [0.15, 0.2) is 0 Å². The second-order valence-electron chi connectivity index (χ2n) is 6.35. The summed E-state index contributed by atoms with van der Waals surface area (Å²) in [7, 11) is 0. The topological polar surface area (TPSA) is 16.1 Å². The van der Waals surface area contributed by atoms with Crippen molar-refractivity contribution < 1.29 is 4.39 Å². The van der Waals surface area contributed by atoms with E-state index in [0.717, 1.165) is 11.3 Å². The maximum absolute atomic E-state index is 13.3. The van der Waals surface area contributed by atoms with Crippen LogP contribution in [0.3, 0.4) is 0 Å². The first-order valence-corrected chi connectivity index (χ1v) is 7.70. The summed E-state index contributed by atoms with van der Waals surface area (Å²) in [5.74, 6) is -0.212. The van der Waals surface area contributed by atoms with E-state index >= 15 is 0 Å². The second-order valence-corrected chi connectivity index (χ2v) is 6.35. The molecule has 116 valence electrons. The smallest absolute Gasteiger partial charge is 0.123 e. The number of rotatable bonds is 2. The first-order chi connectivity index (χ1) is 10.3. The molecule has 4 heteroatoms. The van der Waals surface area contributed by atoms with E-state index in [4.69, 9.17) is 0 Å². The fraction of sp³-hybridized carbons (Fsp3) is 0.389. The SMILES string of the molecule is Br.Fc1cccc(-c2ccc(C34CCCN(CC3)C4)cn2)c1.